The Morgan fingerprint density at radius 3 is 2.26 bits per heavy atom. The van der Waals surface area contributed by atoms with Crippen LogP contribution in [0.1, 0.15) is 60.2 Å². The molecule has 0 bridgehead atoms. The normalized spacial score (nSPS) is 11.9. The lowest BCUT2D eigenvalue weighted by Crippen LogP contribution is -2.15. The highest BCUT2D eigenvalue weighted by Crippen LogP contribution is 2.11. The Balaban J connectivity index is 2.51. The second kappa shape index (κ2) is 7.56. The molecule has 1 rings (SSSR count). The van der Waals surface area contributed by atoms with Crippen LogP contribution in [0, 0.1) is 0 Å². The molecular weight excluding hydrogens is 244 g/mol. The average molecular weight is 264 g/mol. The fourth-order valence-corrected chi connectivity index (χ4v) is 1.74. The molecule has 104 valence electrons. The number of unbranched alkanes of at least 4 members (excludes halogenated alkanes) is 2. The van der Waals surface area contributed by atoms with Crippen molar-refractivity contribution in [3.63, 3.8) is 0 Å². The Hall–Kier alpha value is -1.84. The van der Waals surface area contributed by atoms with Crippen LogP contribution in [0.2, 0.25) is 0 Å². The van der Waals surface area contributed by atoms with Gasteiger partial charge in [0.2, 0.25) is 0 Å². The molecule has 0 aliphatic heterocycles. The minimum Gasteiger partial charge on any atom is -0.478 e. The fourth-order valence-electron chi connectivity index (χ4n) is 1.74. The smallest absolute Gasteiger partial charge is 0.338 e. The van der Waals surface area contributed by atoms with Gasteiger partial charge in [0.05, 0.1) is 17.2 Å². The molecule has 0 saturated carbocycles. The van der Waals surface area contributed by atoms with Crippen LogP contribution in [0.5, 0.6) is 0 Å². The van der Waals surface area contributed by atoms with Crippen LogP contribution in [0.4, 0.5) is 0 Å². The van der Waals surface area contributed by atoms with E-state index in [0.717, 1.165) is 25.7 Å². The number of aromatic carboxylic acids is 1. The van der Waals surface area contributed by atoms with Crippen molar-refractivity contribution in [1.82, 2.24) is 0 Å². The molecule has 0 amide bonds. The monoisotopic (exact) mass is 264 g/mol. The number of rotatable bonds is 7. The van der Waals surface area contributed by atoms with Crippen LogP contribution in [0.25, 0.3) is 0 Å². The van der Waals surface area contributed by atoms with E-state index in [1.54, 1.807) is 0 Å². The molecule has 4 heteroatoms. The molecule has 0 radical (unpaired) electrons. The average Bonchev–Trinajstić information content (AvgIpc) is 2.39. The lowest BCUT2D eigenvalue weighted by Gasteiger charge is -2.13. The van der Waals surface area contributed by atoms with Crippen LogP contribution in [0.15, 0.2) is 24.3 Å². The summed E-state index contributed by atoms with van der Waals surface area (Å²) in [6, 6.07) is 5.76. The quantitative estimate of drug-likeness (QED) is 0.604. The number of carbonyl (C=O) groups is 2. The largest absolute Gasteiger partial charge is 0.478 e. The molecule has 0 heterocycles. The zero-order valence-electron chi connectivity index (χ0n) is 11.4. The Bertz CT molecular complexity index is 422. The van der Waals surface area contributed by atoms with Crippen molar-refractivity contribution in [2.45, 2.75) is 45.6 Å². The molecule has 0 aliphatic carbocycles. The number of ether oxygens (including phenoxy) is 1. The molecule has 0 aromatic heterocycles. The van der Waals surface area contributed by atoms with E-state index in [0.29, 0.717) is 5.56 Å². The number of hydrogen-bond acceptors (Lipinski definition) is 3. The predicted octanol–water partition coefficient (Wildman–Crippen LogP) is 3.51. The number of carboxylic acids is 1. The van der Waals surface area contributed by atoms with Gasteiger partial charge in [-0.05, 0) is 44.0 Å². The summed E-state index contributed by atoms with van der Waals surface area (Å²) in [6.45, 7) is 4.00. The number of benzene rings is 1. The highest BCUT2D eigenvalue weighted by molar-refractivity contribution is 5.92. The highest BCUT2D eigenvalue weighted by Gasteiger charge is 2.12. The Morgan fingerprint density at radius 2 is 1.74 bits per heavy atom. The van der Waals surface area contributed by atoms with Crippen LogP contribution in [0.3, 0.4) is 0 Å². The number of carboxylic acid groups (broad SMARTS) is 1. The first-order valence-electron chi connectivity index (χ1n) is 6.59. The van der Waals surface area contributed by atoms with Gasteiger partial charge in [-0.1, -0.05) is 19.8 Å². The van der Waals surface area contributed by atoms with Crippen molar-refractivity contribution in [2.75, 3.05) is 0 Å². The second-order valence-electron chi connectivity index (χ2n) is 4.59. The second-order valence-corrected chi connectivity index (χ2v) is 4.59. The Kier molecular flexibility index (Phi) is 6.06. The van der Waals surface area contributed by atoms with Gasteiger partial charge < -0.3 is 9.84 Å². The first kappa shape index (κ1) is 15.2. The van der Waals surface area contributed by atoms with Gasteiger partial charge in [-0.25, -0.2) is 9.59 Å². The summed E-state index contributed by atoms with van der Waals surface area (Å²) in [5.74, 6) is -1.41. The van der Waals surface area contributed by atoms with E-state index in [2.05, 4.69) is 6.92 Å². The van der Waals surface area contributed by atoms with Crippen molar-refractivity contribution < 1.29 is 19.4 Å². The SMILES string of the molecule is CCCCC[C@@H](C)OC(=O)c1ccc(C(=O)O)cc1. The lowest BCUT2D eigenvalue weighted by atomic mass is 10.1. The van der Waals surface area contributed by atoms with E-state index < -0.39 is 11.9 Å². The van der Waals surface area contributed by atoms with E-state index in [9.17, 15) is 9.59 Å². The maximum Gasteiger partial charge on any atom is 0.338 e. The van der Waals surface area contributed by atoms with E-state index >= 15 is 0 Å². The number of carbonyl (C=O) groups excluding carboxylic acids is 1. The van der Waals surface area contributed by atoms with Gasteiger partial charge in [0.1, 0.15) is 0 Å². The number of esters is 1. The molecule has 0 spiro atoms. The maximum atomic E-state index is 11.8. The molecule has 4 nitrogen and oxygen atoms in total. The van der Waals surface area contributed by atoms with Crippen molar-refractivity contribution in [2.24, 2.45) is 0 Å². The molecule has 0 aliphatic rings. The van der Waals surface area contributed by atoms with Gasteiger partial charge >= 0.3 is 11.9 Å². The highest BCUT2D eigenvalue weighted by atomic mass is 16.5. The van der Waals surface area contributed by atoms with Crippen LogP contribution in [-0.4, -0.2) is 23.1 Å². The number of hydrogen-bond donors (Lipinski definition) is 1. The minimum absolute atomic E-state index is 0.113. The molecule has 19 heavy (non-hydrogen) atoms. The van der Waals surface area contributed by atoms with Gasteiger partial charge in [0.25, 0.3) is 0 Å². The fraction of sp³-hybridized carbons (Fsp3) is 0.467. The van der Waals surface area contributed by atoms with E-state index in [1.165, 1.54) is 24.3 Å². The zero-order chi connectivity index (χ0) is 14.3. The lowest BCUT2D eigenvalue weighted by molar-refractivity contribution is 0.0319. The van der Waals surface area contributed by atoms with Gasteiger partial charge in [0, 0.05) is 0 Å². The summed E-state index contributed by atoms with van der Waals surface area (Å²) < 4.78 is 5.30. The molecule has 1 aromatic rings. The molecule has 0 fully saturated rings. The Labute approximate surface area is 113 Å². The van der Waals surface area contributed by atoms with Gasteiger partial charge in [-0.2, -0.15) is 0 Å². The summed E-state index contributed by atoms with van der Waals surface area (Å²) in [5.41, 5.74) is 0.542. The summed E-state index contributed by atoms with van der Waals surface area (Å²) in [6.07, 6.45) is 4.06. The minimum atomic E-state index is -1.01. The van der Waals surface area contributed by atoms with Gasteiger partial charge in [0.15, 0.2) is 0 Å². The first-order valence-corrected chi connectivity index (χ1v) is 6.59. The van der Waals surface area contributed by atoms with E-state index in [1.807, 2.05) is 6.92 Å². The van der Waals surface area contributed by atoms with Crippen LogP contribution < -0.4 is 0 Å². The van der Waals surface area contributed by atoms with E-state index in [4.69, 9.17) is 9.84 Å². The molecule has 0 unspecified atom stereocenters. The molecule has 0 saturated heterocycles. The van der Waals surface area contributed by atoms with Gasteiger partial charge in [-0.15, -0.1) is 0 Å². The van der Waals surface area contributed by atoms with Crippen molar-refractivity contribution in [1.29, 1.82) is 0 Å². The van der Waals surface area contributed by atoms with Crippen molar-refractivity contribution in [3.05, 3.63) is 35.4 Å². The third-order valence-electron chi connectivity index (χ3n) is 2.89. The molecule has 1 atom stereocenters. The molecule has 1 N–H and O–H groups in total. The Morgan fingerprint density at radius 1 is 1.16 bits per heavy atom. The molecular formula is C15H20O4. The maximum absolute atomic E-state index is 11.8. The van der Waals surface area contributed by atoms with Gasteiger partial charge in [-0.3, -0.25) is 0 Å². The van der Waals surface area contributed by atoms with E-state index in [-0.39, 0.29) is 11.7 Å². The van der Waals surface area contributed by atoms with Crippen molar-refractivity contribution >= 4 is 11.9 Å². The summed E-state index contributed by atoms with van der Waals surface area (Å²) in [4.78, 5) is 22.5. The topological polar surface area (TPSA) is 63.6 Å². The third kappa shape index (κ3) is 5.12. The summed E-state index contributed by atoms with van der Waals surface area (Å²) in [5, 5.41) is 8.76. The van der Waals surface area contributed by atoms with Crippen LogP contribution >= 0.6 is 0 Å². The summed E-state index contributed by atoms with van der Waals surface area (Å²) >= 11 is 0. The van der Waals surface area contributed by atoms with Crippen molar-refractivity contribution in [3.8, 4) is 0 Å². The zero-order valence-corrected chi connectivity index (χ0v) is 11.4. The standard InChI is InChI=1S/C15H20O4/c1-3-4-5-6-11(2)19-15(18)13-9-7-12(8-10-13)14(16)17/h7-11H,3-6H2,1-2H3,(H,16,17)/t11-/m1/s1. The summed E-state index contributed by atoms with van der Waals surface area (Å²) in [7, 11) is 0. The predicted molar refractivity (Wildman–Crippen MR) is 72.4 cm³/mol. The van der Waals surface area contributed by atoms with Crippen LogP contribution in [-0.2, 0) is 4.74 Å². The first-order chi connectivity index (χ1) is 9.04. The molecule has 1 aromatic carbocycles. The third-order valence-corrected chi connectivity index (χ3v) is 2.89.